The molecule has 2 aromatic rings. The fourth-order valence-corrected chi connectivity index (χ4v) is 1.91. The van der Waals surface area contributed by atoms with Crippen molar-refractivity contribution >= 4 is 11.3 Å². The normalized spacial score (nSPS) is 14.6. The van der Waals surface area contributed by atoms with Crippen LogP contribution in [0.2, 0.25) is 0 Å². The zero-order chi connectivity index (χ0) is 13.0. The van der Waals surface area contributed by atoms with Crippen LogP contribution in [0.1, 0.15) is 26.1 Å². The Balaban J connectivity index is 2.09. The highest BCUT2D eigenvalue weighted by molar-refractivity contribution is 7.13. The fraction of sp³-hybridized carbons (Fsp3) is 0.545. The molecule has 18 heavy (non-hydrogen) atoms. The summed E-state index contributed by atoms with van der Waals surface area (Å²) in [6.07, 6.45) is 2.64. The van der Waals surface area contributed by atoms with Gasteiger partial charge in [0.25, 0.3) is 5.89 Å². The molecule has 0 radical (unpaired) electrons. The number of nitrogens with zero attached hydrogens (tertiary/aromatic N) is 3. The van der Waals surface area contributed by atoms with E-state index >= 15 is 0 Å². The molecule has 0 fully saturated rings. The molecular formula is C11H16N4O2S. The SMILES string of the molecule is CCCOCC(C)(N)c1noc(-c2cncs2)n1. The molecule has 0 amide bonds. The maximum absolute atomic E-state index is 6.12. The van der Waals surface area contributed by atoms with Gasteiger partial charge >= 0.3 is 0 Å². The average Bonchev–Trinajstić information content (AvgIpc) is 3.00. The fourth-order valence-electron chi connectivity index (χ4n) is 1.37. The van der Waals surface area contributed by atoms with Gasteiger partial charge in [0.15, 0.2) is 5.82 Å². The van der Waals surface area contributed by atoms with Gasteiger partial charge in [-0.15, -0.1) is 11.3 Å². The molecule has 1 unspecified atom stereocenters. The summed E-state index contributed by atoms with van der Waals surface area (Å²) in [5, 5.41) is 3.91. The first kappa shape index (κ1) is 13.1. The van der Waals surface area contributed by atoms with Crippen LogP contribution in [0.25, 0.3) is 10.8 Å². The number of rotatable bonds is 6. The highest BCUT2D eigenvalue weighted by atomic mass is 32.1. The molecule has 2 N–H and O–H groups in total. The van der Waals surface area contributed by atoms with Crippen LogP contribution in [0.4, 0.5) is 0 Å². The number of aromatic nitrogens is 3. The first-order chi connectivity index (χ1) is 8.63. The van der Waals surface area contributed by atoms with Gasteiger partial charge in [-0.1, -0.05) is 12.1 Å². The van der Waals surface area contributed by atoms with Crippen LogP contribution in [0.5, 0.6) is 0 Å². The van der Waals surface area contributed by atoms with E-state index in [0.29, 0.717) is 24.9 Å². The molecular weight excluding hydrogens is 252 g/mol. The molecule has 0 bridgehead atoms. The summed E-state index contributed by atoms with van der Waals surface area (Å²) in [6.45, 7) is 4.91. The molecule has 98 valence electrons. The van der Waals surface area contributed by atoms with Crippen molar-refractivity contribution in [3.63, 3.8) is 0 Å². The molecule has 0 aliphatic heterocycles. The third-order valence-corrected chi connectivity index (χ3v) is 3.09. The van der Waals surface area contributed by atoms with E-state index in [-0.39, 0.29) is 0 Å². The molecule has 0 saturated heterocycles. The maximum Gasteiger partial charge on any atom is 0.269 e. The number of ether oxygens (including phenoxy) is 1. The second kappa shape index (κ2) is 5.55. The van der Waals surface area contributed by atoms with E-state index in [2.05, 4.69) is 15.1 Å². The standard InChI is InChI=1S/C11H16N4O2S/c1-3-4-16-6-11(2,12)10-14-9(17-15-10)8-5-13-7-18-8/h5,7H,3-4,6,12H2,1-2H3. The molecule has 0 saturated carbocycles. The third kappa shape index (κ3) is 2.92. The highest BCUT2D eigenvalue weighted by Crippen LogP contribution is 2.23. The maximum atomic E-state index is 6.12. The van der Waals surface area contributed by atoms with Crippen molar-refractivity contribution in [2.24, 2.45) is 5.73 Å². The Morgan fingerprint density at radius 2 is 2.39 bits per heavy atom. The number of thiazole rings is 1. The topological polar surface area (TPSA) is 87.1 Å². The molecule has 0 aliphatic carbocycles. The van der Waals surface area contributed by atoms with E-state index < -0.39 is 5.54 Å². The summed E-state index contributed by atoms with van der Waals surface area (Å²) in [5.74, 6) is 0.890. The van der Waals surface area contributed by atoms with Crippen molar-refractivity contribution in [1.29, 1.82) is 0 Å². The molecule has 2 rings (SSSR count). The van der Waals surface area contributed by atoms with Crippen LogP contribution in [-0.2, 0) is 10.3 Å². The lowest BCUT2D eigenvalue weighted by Gasteiger charge is -2.19. The highest BCUT2D eigenvalue weighted by Gasteiger charge is 2.28. The van der Waals surface area contributed by atoms with E-state index in [1.165, 1.54) is 11.3 Å². The lowest BCUT2D eigenvalue weighted by Crippen LogP contribution is -2.39. The first-order valence-corrected chi connectivity index (χ1v) is 6.61. The van der Waals surface area contributed by atoms with Gasteiger partial charge in [-0.05, 0) is 13.3 Å². The summed E-state index contributed by atoms with van der Waals surface area (Å²) < 4.78 is 10.6. The van der Waals surface area contributed by atoms with Crippen LogP contribution in [0.15, 0.2) is 16.2 Å². The van der Waals surface area contributed by atoms with Crippen LogP contribution in [0.3, 0.4) is 0 Å². The van der Waals surface area contributed by atoms with Crippen molar-refractivity contribution in [1.82, 2.24) is 15.1 Å². The Kier molecular flexibility index (Phi) is 4.05. The smallest absolute Gasteiger partial charge is 0.269 e. The number of hydrogen-bond donors (Lipinski definition) is 1. The molecule has 6 nitrogen and oxygen atoms in total. The lowest BCUT2D eigenvalue weighted by atomic mass is 10.1. The molecule has 0 aromatic carbocycles. The summed E-state index contributed by atoms with van der Waals surface area (Å²) >= 11 is 1.44. The largest absolute Gasteiger partial charge is 0.379 e. The predicted octanol–water partition coefficient (Wildman–Crippen LogP) is 1.79. The van der Waals surface area contributed by atoms with Crippen LogP contribution >= 0.6 is 11.3 Å². The zero-order valence-electron chi connectivity index (χ0n) is 10.4. The first-order valence-electron chi connectivity index (χ1n) is 5.73. The van der Waals surface area contributed by atoms with Crippen molar-refractivity contribution in [2.75, 3.05) is 13.2 Å². The van der Waals surface area contributed by atoms with Gasteiger partial charge in [0.05, 0.1) is 18.3 Å². The number of nitrogens with two attached hydrogens (primary N) is 1. The van der Waals surface area contributed by atoms with Crippen molar-refractivity contribution in [3.8, 4) is 10.8 Å². The summed E-state index contributed by atoms with van der Waals surface area (Å²) in [5.41, 5.74) is 7.09. The minimum Gasteiger partial charge on any atom is -0.379 e. The van der Waals surface area contributed by atoms with E-state index in [1.54, 1.807) is 11.7 Å². The van der Waals surface area contributed by atoms with Gasteiger partial charge in [-0.2, -0.15) is 4.98 Å². The van der Waals surface area contributed by atoms with E-state index in [9.17, 15) is 0 Å². The van der Waals surface area contributed by atoms with Crippen LogP contribution in [-0.4, -0.2) is 28.3 Å². The molecule has 2 aromatic heterocycles. The minimum atomic E-state index is -0.748. The molecule has 2 heterocycles. The Labute approximate surface area is 109 Å². The van der Waals surface area contributed by atoms with Crippen molar-refractivity contribution in [2.45, 2.75) is 25.8 Å². The Bertz CT molecular complexity index is 481. The van der Waals surface area contributed by atoms with Gasteiger partial charge in [-0.25, -0.2) is 0 Å². The summed E-state index contributed by atoms with van der Waals surface area (Å²) in [6, 6.07) is 0. The van der Waals surface area contributed by atoms with Gasteiger partial charge in [-0.3, -0.25) is 4.98 Å². The third-order valence-electron chi connectivity index (χ3n) is 2.33. The van der Waals surface area contributed by atoms with Gasteiger partial charge in [0.2, 0.25) is 0 Å². The van der Waals surface area contributed by atoms with Crippen LogP contribution in [0, 0.1) is 0 Å². The Morgan fingerprint density at radius 3 is 3.06 bits per heavy atom. The van der Waals surface area contributed by atoms with E-state index in [4.69, 9.17) is 15.0 Å². The molecule has 0 aliphatic rings. The summed E-state index contributed by atoms with van der Waals surface area (Å²) in [4.78, 5) is 9.09. The number of hydrogen-bond acceptors (Lipinski definition) is 7. The van der Waals surface area contributed by atoms with Gasteiger partial charge in [0, 0.05) is 6.61 Å². The van der Waals surface area contributed by atoms with Gasteiger partial charge < -0.3 is 15.0 Å². The van der Waals surface area contributed by atoms with Gasteiger partial charge in [0.1, 0.15) is 10.4 Å². The van der Waals surface area contributed by atoms with Crippen molar-refractivity contribution in [3.05, 3.63) is 17.5 Å². The molecule has 1 atom stereocenters. The molecule has 7 heteroatoms. The minimum absolute atomic E-state index is 0.364. The van der Waals surface area contributed by atoms with E-state index in [1.807, 2.05) is 13.8 Å². The van der Waals surface area contributed by atoms with E-state index in [0.717, 1.165) is 11.3 Å². The second-order valence-electron chi connectivity index (χ2n) is 4.26. The monoisotopic (exact) mass is 268 g/mol. The van der Waals surface area contributed by atoms with Crippen LogP contribution < -0.4 is 5.73 Å². The second-order valence-corrected chi connectivity index (χ2v) is 5.15. The lowest BCUT2D eigenvalue weighted by molar-refractivity contribution is 0.0867. The quantitative estimate of drug-likeness (QED) is 0.804. The van der Waals surface area contributed by atoms with Crippen molar-refractivity contribution < 1.29 is 9.26 Å². The predicted molar refractivity (Wildman–Crippen MR) is 68.1 cm³/mol. The Hall–Kier alpha value is -1.31. The zero-order valence-corrected chi connectivity index (χ0v) is 11.2. The average molecular weight is 268 g/mol. The summed E-state index contributed by atoms with van der Waals surface area (Å²) in [7, 11) is 0. The molecule has 0 spiro atoms. The Morgan fingerprint density at radius 1 is 1.56 bits per heavy atom.